The molecule has 3 rings (SSSR count). The van der Waals surface area contributed by atoms with Gasteiger partial charge in [0.05, 0.1) is 26.4 Å². The molecule has 6 nitrogen and oxygen atoms in total. The zero-order valence-corrected chi connectivity index (χ0v) is 19.9. The number of hydrogen-bond acceptors (Lipinski definition) is 4. The van der Waals surface area contributed by atoms with Crippen molar-refractivity contribution in [1.29, 1.82) is 0 Å². The first-order chi connectivity index (χ1) is 13.7. The molecule has 0 bridgehead atoms. The quantitative estimate of drug-likeness (QED) is 0.241. The lowest BCUT2D eigenvalue weighted by Crippen LogP contribution is -2.37. The summed E-state index contributed by atoms with van der Waals surface area (Å²) in [4.78, 5) is 4.33. The van der Waals surface area contributed by atoms with Crippen LogP contribution < -0.4 is 15.4 Å². The van der Waals surface area contributed by atoms with Gasteiger partial charge in [0.25, 0.3) is 0 Å². The molecular weight excluding hydrogens is 481 g/mol. The lowest BCUT2D eigenvalue weighted by Gasteiger charge is -2.17. The van der Waals surface area contributed by atoms with E-state index in [0.29, 0.717) is 19.1 Å². The van der Waals surface area contributed by atoms with Crippen molar-refractivity contribution in [3.05, 3.63) is 41.0 Å². The maximum atomic E-state index is 6.13. The first kappa shape index (κ1) is 24.0. The van der Waals surface area contributed by atoms with Crippen molar-refractivity contribution in [1.82, 2.24) is 10.6 Å². The maximum Gasteiger partial charge on any atom is 0.191 e. The first-order valence-electron chi connectivity index (χ1n) is 10.2. The number of aliphatic imine (C=N–C) groups is 1. The van der Waals surface area contributed by atoms with Crippen LogP contribution in [0.15, 0.2) is 34.8 Å². The molecule has 1 aromatic rings. The molecule has 1 saturated heterocycles. The van der Waals surface area contributed by atoms with E-state index in [1.54, 1.807) is 7.05 Å². The molecule has 29 heavy (non-hydrogen) atoms. The molecule has 0 aromatic heterocycles. The largest absolute Gasteiger partial charge is 0.493 e. The van der Waals surface area contributed by atoms with Crippen molar-refractivity contribution in [2.45, 2.75) is 32.7 Å². The minimum atomic E-state index is 0. The van der Waals surface area contributed by atoms with Gasteiger partial charge in [-0.05, 0) is 37.8 Å². The lowest BCUT2D eigenvalue weighted by atomic mass is 10.1. The third-order valence-electron chi connectivity index (χ3n) is 5.19. The van der Waals surface area contributed by atoms with Gasteiger partial charge in [-0.1, -0.05) is 23.8 Å². The highest BCUT2D eigenvalue weighted by atomic mass is 127. The van der Waals surface area contributed by atoms with E-state index in [4.69, 9.17) is 14.2 Å². The Kier molecular flexibility index (Phi) is 10.8. The predicted octanol–water partition coefficient (Wildman–Crippen LogP) is 3.43. The van der Waals surface area contributed by atoms with Crippen LogP contribution in [0.1, 0.15) is 30.4 Å². The van der Waals surface area contributed by atoms with E-state index in [-0.39, 0.29) is 24.0 Å². The average Bonchev–Trinajstić information content (AvgIpc) is 3.24. The Bertz CT molecular complexity index is 688. The molecule has 0 radical (unpaired) electrons. The van der Waals surface area contributed by atoms with Crippen LogP contribution in [0.3, 0.4) is 0 Å². The Morgan fingerprint density at radius 2 is 2.14 bits per heavy atom. The fraction of sp³-hybridized carbons (Fsp3) is 0.591. The average molecular weight is 515 g/mol. The summed E-state index contributed by atoms with van der Waals surface area (Å²) in [6.45, 7) is 7.57. The molecule has 1 unspecified atom stereocenters. The number of rotatable bonds is 8. The van der Waals surface area contributed by atoms with Crippen LogP contribution in [0, 0.1) is 12.8 Å². The number of aryl methyl sites for hydroxylation is 1. The van der Waals surface area contributed by atoms with E-state index in [1.807, 2.05) is 0 Å². The molecule has 2 aliphatic rings. The SMILES string of the molecule is CN=C(NCCC1=CCOCC1)NCc1ccc(C)cc1OCC1CCOC1.I. The standard InChI is InChI=1S/C22H33N3O3.HI/c1-17-3-4-20(21(13-17)28-16-19-8-12-27-15-19)14-25-22(23-2)24-9-5-18-6-10-26-11-7-18;/h3-4,6,13,19H,5,7-12,14-16H2,1-2H3,(H2,23,24,25);1H. The van der Waals surface area contributed by atoms with Crippen LogP contribution in [0.5, 0.6) is 5.75 Å². The van der Waals surface area contributed by atoms with E-state index in [1.165, 1.54) is 11.1 Å². The number of nitrogens with zero attached hydrogens (tertiary/aromatic N) is 1. The van der Waals surface area contributed by atoms with Crippen LogP contribution in [-0.2, 0) is 16.0 Å². The molecule has 2 heterocycles. The fourth-order valence-electron chi connectivity index (χ4n) is 3.40. The smallest absolute Gasteiger partial charge is 0.191 e. The van der Waals surface area contributed by atoms with Crippen LogP contribution in [0.4, 0.5) is 0 Å². The van der Waals surface area contributed by atoms with Gasteiger partial charge in [0.15, 0.2) is 5.96 Å². The molecule has 0 spiro atoms. The van der Waals surface area contributed by atoms with Crippen molar-refractivity contribution in [2.75, 3.05) is 46.6 Å². The monoisotopic (exact) mass is 515 g/mol. The van der Waals surface area contributed by atoms with Crippen molar-refractivity contribution < 1.29 is 14.2 Å². The molecule has 0 aliphatic carbocycles. The Labute approximate surface area is 191 Å². The second kappa shape index (κ2) is 13.1. The molecule has 0 amide bonds. The van der Waals surface area contributed by atoms with Gasteiger partial charge in [-0.15, -0.1) is 24.0 Å². The lowest BCUT2D eigenvalue weighted by molar-refractivity contribution is 0.153. The molecule has 1 atom stereocenters. The van der Waals surface area contributed by atoms with Gasteiger partial charge < -0.3 is 24.8 Å². The van der Waals surface area contributed by atoms with Crippen molar-refractivity contribution in [2.24, 2.45) is 10.9 Å². The second-order valence-corrected chi connectivity index (χ2v) is 7.44. The number of hydrogen-bond donors (Lipinski definition) is 2. The van der Waals surface area contributed by atoms with Crippen LogP contribution >= 0.6 is 24.0 Å². The zero-order chi connectivity index (χ0) is 19.6. The number of ether oxygens (including phenoxy) is 3. The van der Waals surface area contributed by atoms with Crippen LogP contribution in [0.25, 0.3) is 0 Å². The van der Waals surface area contributed by atoms with Gasteiger partial charge in [0.2, 0.25) is 0 Å². The zero-order valence-electron chi connectivity index (χ0n) is 17.5. The van der Waals surface area contributed by atoms with Crippen molar-refractivity contribution in [3.8, 4) is 5.75 Å². The summed E-state index contributed by atoms with van der Waals surface area (Å²) >= 11 is 0. The van der Waals surface area contributed by atoms with Gasteiger partial charge >= 0.3 is 0 Å². The third kappa shape index (κ3) is 8.14. The minimum absolute atomic E-state index is 0. The second-order valence-electron chi connectivity index (χ2n) is 7.44. The summed E-state index contributed by atoms with van der Waals surface area (Å²) in [7, 11) is 1.80. The van der Waals surface area contributed by atoms with E-state index < -0.39 is 0 Å². The van der Waals surface area contributed by atoms with Crippen molar-refractivity contribution in [3.63, 3.8) is 0 Å². The first-order valence-corrected chi connectivity index (χ1v) is 10.2. The normalized spacial score (nSPS) is 19.3. The van der Waals surface area contributed by atoms with Gasteiger partial charge in [-0.25, -0.2) is 0 Å². The van der Waals surface area contributed by atoms with Crippen molar-refractivity contribution >= 4 is 29.9 Å². The third-order valence-corrected chi connectivity index (χ3v) is 5.19. The van der Waals surface area contributed by atoms with E-state index in [2.05, 4.69) is 46.8 Å². The molecule has 1 fully saturated rings. The number of guanidine groups is 1. The highest BCUT2D eigenvalue weighted by molar-refractivity contribution is 14.0. The van der Waals surface area contributed by atoms with Gasteiger partial charge in [-0.3, -0.25) is 4.99 Å². The Hall–Kier alpha value is -1.32. The Morgan fingerprint density at radius 3 is 2.86 bits per heavy atom. The van der Waals surface area contributed by atoms with Gasteiger partial charge in [-0.2, -0.15) is 0 Å². The van der Waals surface area contributed by atoms with E-state index in [9.17, 15) is 0 Å². The summed E-state index contributed by atoms with van der Waals surface area (Å²) in [5.41, 5.74) is 3.80. The Balaban J connectivity index is 0.00000300. The maximum absolute atomic E-state index is 6.13. The molecule has 0 saturated carbocycles. The highest BCUT2D eigenvalue weighted by Gasteiger charge is 2.17. The molecule has 1 aromatic carbocycles. The molecule has 2 N–H and O–H groups in total. The summed E-state index contributed by atoms with van der Waals surface area (Å²) in [5.74, 6) is 2.25. The molecule has 7 heteroatoms. The fourth-order valence-corrected chi connectivity index (χ4v) is 3.40. The Morgan fingerprint density at radius 1 is 1.24 bits per heavy atom. The van der Waals surface area contributed by atoms with Gasteiger partial charge in [0.1, 0.15) is 5.75 Å². The molecule has 162 valence electrons. The van der Waals surface area contributed by atoms with Gasteiger partial charge in [0, 0.05) is 38.2 Å². The topological polar surface area (TPSA) is 64.1 Å². The minimum Gasteiger partial charge on any atom is -0.493 e. The number of benzene rings is 1. The van der Waals surface area contributed by atoms with E-state index >= 15 is 0 Å². The van der Waals surface area contributed by atoms with Crippen LogP contribution in [-0.4, -0.2) is 52.6 Å². The number of nitrogens with one attached hydrogen (secondary N) is 2. The van der Waals surface area contributed by atoms with Crippen LogP contribution in [0.2, 0.25) is 0 Å². The summed E-state index contributed by atoms with van der Waals surface area (Å²) < 4.78 is 16.9. The summed E-state index contributed by atoms with van der Waals surface area (Å²) in [6, 6.07) is 6.36. The highest BCUT2D eigenvalue weighted by Crippen LogP contribution is 2.22. The molecular formula is C22H34IN3O3. The summed E-state index contributed by atoms with van der Waals surface area (Å²) in [6.07, 6.45) is 5.32. The molecule has 2 aliphatic heterocycles. The number of halogens is 1. The predicted molar refractivity (Wildman–Crippen MR) is 127 cm³/mol. The van der Waals surface area contributed by atoms with E-state index in [0.717, 1.165) is 69.5 Å². The summed E-state index contributed by atoms with van der Waals surface area (Å²) in [5, 5.41) is 6.80.